The van der Waals surface area contributed by atoms with Gasteiger partial charge in [-0.25, -0.2) is 0 Å². The molecule has 4 N–H and O–H groups in total. The zero-order chi connectivity index (χ0) is 17.0. The fourth-order valence-corrected chi connectivity index (χ4v) is 2.84. The average Bonchev–Trinajstić information content (AvgIpc) is 2.42. The first kappa shape index (κ1) is 21.8. The minimum Gasteiger partial charge on any atom is -0.378 e. The van der Waals surface area contributed by atoms with Gasteiger partial charge in [0.15, 0.2) is 0 Å². The maximum Gasteiger partial charge on any atom is 0.117 e. The van der Waals surface area contributed by atoms with Crippen LogP contribution >= 0.6 is 0 Å². The highest BCUT2D eigenvalue weighted by Gasteiger charge is 2.25. The van der Waals surface area contributed by atoms with E-state index in [1.165, 1.54) is 32.1 Å². The minimum atomic E-state index is -1.03. The van der Waals surface area contributed by atoms with Crippen molar-refractivity contribution in [1.82, 2.24) is 10.6 Å². The molecule has 0 aromatic rings. The number of aliphatic hydroxyl groups is 2. The number of hydrogen-bond donors (Lipinski definition) is 4. The molecule has 4 unspecified atom stereocenters. The Balaban J connectivity index is 4.05. The fourth-order valence-electron chi connectivity index (χ4n) is 2.84. The molecule has 0 spiro atoms. The topological polar surface area (TPSA) is 64.5 Å². The summed E-state index contributed by atoms with van der Waals surface area (Å²) in [6.07, 6.45) is 7.78. The second-order valence-electron chi connectivity index (χ2n) is 7.00. The van der Waals surface area contributed by atoms with Gasteiger partial charge < -0.3 is 10.2 Å². The molecule has 0 aromatic carbocycles. The molecule has 0 saturated carbocycles. The summed E-state index contributed by atoms with van der Waals surface area (Å²) in [6, 6.07) is 0.279. The Morgan fingerprint density at radius 2 is 1.73 bits per heavy atom. The molecule has 0 fully saturated rings. The predicted octanol–water partition coefficient (Wildman–Crippen LogP) is 3.38. The SMILES string of the molecule is CCCCCC(C)NC(O)CC(C)(O)NCC(CC)CCC. The molecule has 0 amide bonds. The van der Waals surface area contributed by atoms with Crippen molar-refractivity contribution in [2.75, 3.05) is 6.54 Å². The summed E-state index contributed by atoms with van der Waals surface area (Å²) in [7, 11) is 0. The van der Waals surface area contributed by atoms with E-state index in [1.807, 2.05) is 0 Å². The zero-order valence-corrected chi connectivity index (χ0v) is 15.5. The quantitative estimate of drug-likeness (QED) is 0.293. The monoisotopic (exact) mass is 316 g/mol. The van der Waals surface area contributed by atoms with E-state index >= 15 is 0 Å². The van der Waals surface area contributed by atoms with Crippen LogP contribution in [-0.2, 0) is 0 Å². The number of unbranched alkanes of at least 4 members (excludes halogenated alkanes) is 2. The lowest BCUT2D eigenvalue weighted by molar-refractivity contribution is -0.0367. The first-order valence-corrected chi connectivity index (χ1v) is 9.26. The molecular weight excluding hydrogens is 276 g/mol. The van der Waals surface area contributed by atoms with E-state index in [9.17, 15) is 10.2 Å². The maximum atomic E-state index is 10.4. The summed E-state index contributed by atoms with van der Waals surface area (Å²) in [5, 5.41) is 26.9. The van der Waals surface area contributed by atoms with Gasteiger partial charge in [0.2, 0.25) is 0 Å². The van der Waals surface area contributed by atoms with Crippen LogP contribution in [0.1, 0.15) is 86.0 Å². The van der Waals surface area contributed by atoms with Gasteiger partial charge in [0.1, 0.15) is 12.0 Å². The fraction of sp³-hybridized carbons (Fsp3) is 1.00. The van der Waals surface area contributed by atoms with Gasteiger partial charge >= 0.3 is 0 Å². The number of aliphatic hydroxyl groups excluding tert-OH is 1. The van der Waals surface area contributed by atoms with Gasteiger partial charge in [0, 0.05) is 19.0 Å². The van der Waals surface area contributed by atoms with Crippen molar-refractivity contribution in [3.05, 3.63) is 0 Å². The minimum absolute atomic E-state index is 0.279. The average molecular weight is 317 g/mol. The van der Waals surface area contributed by atoms with Gasteiger partial charge in [-0.05, 0) is 32.6 Å². The third kappa shape index (κ3) is 11.4. The van der Waals surface area contributed by atoms with Gasteiger partial charge in [0.25, 0.3) is 0 Å². The molecule has 134 valence electrons. The molecule has 0 radical (unpaired) electrons. The van der Waals surface area contributed by atoms with Crippen molar-refractivity contribution in [1.29, 1.82) is 0 Å². The normalized spacial score (nSPS) is 18.7. The number of rotatable bonds is 14. The lowest BCUT2D eigenvalue weighted by Gasteiger charge is -2.31. The Labute approximate surface area is 138 Å². The van der Waals surface area contributed by atoms with Crippen LogP contribution in [0, 0.1) is 5.92 Å². The van der Waals surface area contributed by atoms with E-state index in [-0.39, 0.29) is 6.04 Å². The first-order chi connectivity index (χ1) is 10.3. The molecule has 0 bridgehead atoms. The van der Waals surface area contributed by atoms with Gasteiger partial charge in [-0.3, -0.25) is 10.6 Å². The van der Waals surface area contributed by atoms with Gasteiger partial charge in [-0.2, -0.15) is 0 Å². The van der Waals surface area contributed by atoms with E-state index in [2.05, 4.69) is 38.3 Å². The van der Waals surface area contributed by atoms with Crippen LogP contribution in [0.3, 0.4) is 0 Å². The summed E-state index contributed by atoms with van der Waals surface area (Å²) < 4.78 is 0. The second kappa shape index (κ2) is 12.3. The van der Waals surface area contributed by atoms with E-state index < -0.39 is 12.0 Å². The second-order valence-corrected chi connectivity index (χ2v) is 7.00. The summed E-state index contributed by atoms with van der Waals surface area (Å²) in [5.74, 6) is 0.592. The van der Waals surface area contributed by atoms with Gasteiger partial charge in [0.05, 0.1) is 0 Å². The Kier molecular flexibility index (Phi) is 12.2. The molecule has 4 atom stereocenters. The van der Waals surface area contributed by atoms with Crippen molar-refractivity contribution in [2.45, 2.75) is 104 Å². The van der Waals surface area contributed by atoms with Crippen LogP contribution in [0.2, 0.25) is 0 Å². The molecule has 0 aromatic heterocycles. The molecule has 22 heavy (non-hydrogen) atoms. The third-order valence-electron chi connectivity index (χ3n) is 4.35. The number of nitrogens with one attached hydrogen (secondary N) is 2. The first-order valence-electron chi connectivity index (χ1n) is 9.26. The van der Waals surface area contributed by atoms with Crippen LogP contribution in [0.5, 0.6) is 0 Å². The standard InChI is InChI=1S/C18H40N2O2/c1-6-9-10-12-15(4)20-17(21)13-18(5,22)19-14-16(8-3)11-7-2/h15-17,19-22H,6-14H2,1-5H3. The van der Waals surface area contributed by atoms with E-state index in [0.29, 0.717) is 12.3 Å². The van der Waals surface area contributed by atoms with Crippen molar-refractivity contribution < 1.29 is 10.2 Å². The summed E-state index contributed by atoms with van der Waals surface area (Å²) in [4.78, 5) is 0. The molecule has 0 aliphatic rings. The molecular formula is C18H40N2O2. The molecule has 0 aliphatic carbocycles. The van der Waals surface area contributed by atoms with Crippen molar-refractivity contribution in [2.24, 2.45) is 5.92 Å². The molecule has 0 heterocycles. The molecule has 0 rings (SSSR count). The molecule has 4 nitrogen and oxygen atoms in total. The van der Waals surface area contributed by atoms with E-state index in [0.717, 1.165) is 19.4 Å². The van der Waals surface area contributed by atoms with Crippen LogP contribution in [0.25, 0.3) is 0 Å². The summed E-state index contributed by atoms with van der Waals surface area (Å²) in [5.41, 5.74) is -1.03. The van der Waals surface area contributed by atoms with Crippen molar-refractivity contribution in [3.8, 4) is 0 Å². The Hall–Kier alpha value is -0.160. The molecule has 4 heteroatoms. The Bertz CT molecular complexity index is 259. The summed E-state index contributed by atoms with van der Waals surface area (Å²) in [6.45, 7) is 11.2. The summed E-state index contributed by atoms with van der Waals surface area (Å²) >= 11 is 0. The van der Waals surface area contributed by atoms with Crippen LogP contribution < -0.4 is 10.6 Å². The Morgan fingerprint density at radius 1 is 1.05 bits per heavy atom. The third-order valence-corrected chi connectivity index (χ3v) is 4.35. The van der Waals surface area contributed by atoms with Crippen LogP contribution in [0.4, 0.5) is 0 Å². The highest BCUT2D eigenvalue weighted by Crippen LogP contribution is 2.14. The maximum absolute atomic E-state index is 10.4. The predicted molar refractivity (Wildman–Crippen MR) is 94.7 cm³/mol. The van der Waals surface area contributed by atoms with Crippen LogP contribution in [-0.4, -0.2) is 34.8 Å². The highest BCUT2D eigenvalue weighted by molar-refractivity contribution is 4.76. The van der Waals surface area contributed by atoms with Gasteiger partial charge in [-0.15, -0.1) is 0 Å². The van der Waals surface area contributed by atoms with Crippen molar-refractivity contribution >= 4 is 0 Å². The lowest BCUT2D eigenvalue weighted by Crippen LogP contribution is -2.50. The highest BCUT2D eigenvalue weighted by atomic mass is 16.3. The van der Waals surface area contributed by atoms with E-state index in [4.69, 9.17) is 0 Å². The molecule has 0 saturated heterocycles. The van der Waals surface area contributed by atoms with Gasteiger partial charge in [-0.1, -0.05) is 52.9 Å². The zero-order valence-electron chi connectivity index (χ0n) is 15.5. The smallest absolute Gasteiger partial charge is 0.117 e. The number of hydrogen-bond acceptors (Lipinski definition) is 4. The van der Waals surface area contributed by atoms with Crippen LogP contribution in [0.15, 0.2) is 0 Å². The van der Waals surface area contributed by atoms with E-state index in [1.54, 1.807) is 6.92 Å². The van der Waals surface area contributed by atoms with Crippen molar-refractivity contribution in [3.63, 3.8) is 0 Å². The molecule has 0 aliphatic heterocycles. The Morgan fingerprint density at radius 3 is 2.27 bits per heavy atom. The lowest BCUT2D eigenvalue weighted by atomic mass is 9.99. The largest absolute Gasteiger partial charge is 0.378 e.